The first kappa shape index (κ1) is 19.7. The summed E-state index contributed by atoms with van der Waals surface area (Å²) in [4.78, 5) is 38.9. The first-order chi connectivity index (χ1) is 13.7. The molecule has 1 saturated heterocycles. The normalized spacial score (nSPS) is 30.3. The molecule has 4 aliphatic rings. The van der Waals surface area contributed by atoms with Gasteiger partial charge in [0.1, 0.15) is 5.60 Å². The van der Waals surface area contributed by atoms with Crippen molar-refractivity contribution >= 4 is 18.0 Å². The average Bonchev–Trinajstić information content (AvgIpc) is 3.23. The summed E-state index contributed by atoms with van der Waals surface area (Å²) in [6.07, 6.45) is 6.33. The fourth-order valence-electron chi connectivity index (χ4n) is 4.60. The minimum atomic E-state index is -0.846. The smallest absolute Gasteiger partial charge is 0.417 e. The van der Waals surface area contributed by atoms with E-state index in [9.17, 15) is 14.4 Å². The van der Waals surface area contributed by atoms with Gasteiger partial charge in [0.25, 0.3) is 12.2 Å². The van der Waals surface area contributed by atoms with Gasteiger partial charge in [0.15, 0.2) is 0 Å². The maximum Gasteiger partial charge on any atom is 0.417 e. The fourth-order valence-corrected chi connectivity index (χ4v) is 4.60. The van der Waals surface area contributed by atoms with Gasteiger partial charge in [-0.1, -0.05) is 5.57 Å². The van der Waals surface area contributed by atoms with Gasteiger partial charge >= 0.3 is 12.1 Å². The van der Waals surface area contributed by atoms with Gasteiger partial charge in [0, 0.05) is 17.6 Å². The third-order valence-corrected chi connectivity index (χ3v) is 5.83. The highest BCUT2D eigenvalue weighted by Crippen LogP contribution is 2.50. The van der Waals surface area contributed by atoms with E-state index in [1.807, 2.05) is 0 Å². The summed E-state index contributed by atoms with van der Waals surface area (Å²) in [6.45, 7) is 7.00. The average molecular weight is 401 g/mol. The lowest BCUT2D eigenvalue weighted by Gasteiger charge is -2.29. The van der Waals surface area contributed by atoms with Crippen LogP contribution in [0.3, 0.4) is 0 Å². The summed E-state index contributed by atoms with van der Waals surface area (Å²) in [5, 5.41) is 0. The van der Waals surface area contributed by atoms with Crippen LogP contribution in [-0.2, 0) is 23.8 Å². The lowest BCUT2D eigenvalue weighted by molar-refractivity contribution is -0.152. The molecule has 0 aromatic heterocycles. The topological polar surface area (TPSA) is 82.1 Å². The van der Waals surface area contributed by atoms with Crippen molar-refractivity contribution in [3.63, 3.8) is 0 Å². The van der Waals surface area contributed by atoms with Crippen molar-refractivity contribution in [1.82, 2.24) is 4.90 Å². The third-order valence-electron chi connectivity index (χ3n) is 5.83. The second-order valence-corrected chi connectivity index (χ2v) is 9.08. The molecule has 3 atom stereocenters. The molecule has 4 rings (SSSR count). The van der Waals surface area contributed by atoms with E-state index in [1.54, 1.807) is 33.8 Å². The molecule has 0 radical (unpaired) electrons. The van der Waals surface area contributed by atoms with Crippen LogP contribution in [0.25, 0.3) is 0 Å². The summed E-state index contributed by atoms with van der Waals surface area (Å²) < 4.78 is 16.2. The molecule has 0 aromatic carbocycles. The Morgan fingerprint density at radius 2 is 1.97 bits per heavy atom. The Labute approximate surface area is 170 Å². The number of cyclic esters (lactones) is 1. The molecule has 0 saturated carbocycles. The lowest BCUT2D eigenvalue weighted by atomic mass is 9.92. The number of nitrogens with zero attached hydrogens (tertiary/aromatic N) is 1. The SMILES string of the molecule is CC1=CC(O/C=C2/C(=O)N(C(=O)OC(C)(C)C)[C@@H]3C4=C(CCCC4)C[C@H]23)OC1=O. The zero-order valence-electron chi connectivity index (χ0n) is 17.3. The number of carbonyl (C=O) groups is 3. The molecule has 7 heteroatoms. The lowest BCUT2D eigenvalue weighted by Crippen LogP contribution is -2.43. The molecule has 0 aromatic rings. The summed E-state index contributed by atoms with van der Waals surface area (Å²) in [7, 11) is 0. The highest BCUT2D eigenvalue weighted by atomic mass is 16.7. The van der Waals surface area contributed by atoms with E-state index in [0.29, 0.717) is 11.1 Å². The van der Waals surface area contributed by atoms with Crippen LogP contribution in [0.4, 0.5) is 4.79 Å². The molecule has 0 N–H and O–H groups in total. The van der Waals surface area contributed by atoms with E-state index in [1.165, 1.54) is 22.3 Å². The summed E-state index contributed by atoms with van der Waals surface area (Å²) >= 11 is 0. The molecule has 2 aliphatic carbocycles. The van der Waals surface area contributed by atoms with Crippen molar-refractivity contribution < 1.29 is 28.6 Å². The molecular formula is C22H27NO6. The summed E-state index contributed by atoms with van der Waals surface area (Å²) in [5.41, 5.74) is 2.76. The zero-order valence-corrected chi connectivity index (χ0v) is 17.3. The molecule has 2 aliphatic heterocycles. The Kier molecular flexibility index (Phi) is 4.79. The van der Waals surface area contributed by atoms with E-state index < -0.39 is 29.9 Å². The minimum Gasteiger partial charge on any atom is -0.458 e. The summed E-state index contributed by atoms with van der Waals surface area (Å²) in [5.74, 6) is -0.964. The Balaban J connectivity index is 1.62. The number of amides is 2. The molecule has 2 heterocycles. The molecule has 7 nitrogen and oxygen atoms in total. The number of rotatable bonds is 2. The van der Waals surface area contributed by atoms with Crippen LogP contribution in [0.2, 0.25) is 0 Å². The van der Waals surface area contributed by atoms with E-state index in [2.05, 4.69) is 0 Å². The Bertz CT molecular complexity index is 859. The molecule has 29 heavy (non-hydrogen) atoms. The van der Waals surface area contributed by atoms with Crippen LogP contribution < -0.4 is 0 Å². The van der Waals surface area contributed by atoms with Crippen molar-refractivity contribution in [1.29, 1.82) is 0 Å². The highest BCUT2D eigenvalue weighted by molar-refractivity contribution is 6.06. The molecule has 1 unspecified atom stereocenters. The molecule has 2 amide bonds. The number of esters is 1. The van der Waals surface area contributed by atoms with Gasteiger partial charge in [-0.15, -0.1) is 0 Å². The van der Waals surface area contributed by atoms with Crippen LogP contribution in [0.15, 0.2) is 34.6 Å². The van der Waals surface area contributed by atoms with Gasteiger partial charge in [-0.05, 0) is 65.4 Å². The van der Waals surface area contributed by atoms with Gasteiger partial charge in [0.05, 0.1) is 17.9 Å². The first-order valence-corrected chi connectivity index (χ1v) is 10.2. The van der Waals surface area contributed by atoms with Crippen LogP contribution in [0, 0.1) is 5.92 Å². The van der Waals surface area contributed by atoms with Gasteiger partial charge in [-0.3, -0.25) is 4.79 Å². The predicted molar refractivity (Wildman–Crippen MR) is 103 cm³/mol. The maximum atomic E-state index is 13.2. The Morgan fingerprint density at radius 3 is 2.62 bits per heavy atom. The third kappa shape index (κ3) is 3.58. The van der Waals surface area contributed by atoms with Crippen molar-refractivity contribution in [3.8, 4) is 0 Å². The number of hydrogen-bond acceptors (Lipinski definition) is 6. The van der Waals surface area contributed by atoms with Crippen LogP contribution in [0.1, 0.15) is 59.8 Å². The van der Waals surface area contributed by atoms with Gasteiger partial charge in [0.2, 0.25) is 0 Å². The minimum absolute atomic E-state index is 0.139. The van der Waals surface area contributed by atoms with Crippen molar-refractivity contribution in [3.05, 3.63) is 34.6 Å². The molecule has 0 bridgehead atoms. The Hall–Kier alpha value is -2.57. The molecule has 156 valence electrons. The van der Waals surface area contributed by atoms with E-state index in [-0.39, 0.29) is 12.0 Å². The van der Waals surface area contributed by atoms with Gasteiger partial charge in [-0.25, -0.2) is 14.5 Å². The number of ether oxygens (including phenoxy) is 3. The number of imide groups is 1. The monoisotopic (exact) mass is 401 g/mol. The first-order valence-electron chi connectivity index (χ1n) is 10.2. The van der Waals surface area contributed by atoms with E-state index in [4.69, 9.17) is 14.2 Å². The second kappa shape index (κ2) is 7.04. The number of fused-ring (bicyclic) bond motifs is 2. The second-order valence-electron chi connectivity index (χ2n) is 9.08. The summed E-state index contributed by atoms with van der Waals surface area (Å²) in [6, 6.07) is -0.300. The predicted octanol–water partition coefficient (Wildman–Crippen LogP) is 3.75. The zero-order chi connectivity index (χ0) is 20.9. The van der Waals surface area contributed by atoms with Crippen molar-refractivity contribution in [2.45, 2.75) is 77.7 Å². The number of carbonyl (C=O) groups excluding carboxylic acids is 3. The van der Waals surface area contributed by atoms with E-state index in [0.717, 1.165) is 32.1 Å². The van der Waals surface area contributed by atoms with Crippen molar-refractivity contribution in [2.24, 2.45) is 5.92 Å². The molecule has 1 fully saturated rings. The van der Waals surface area contributed by atoms with Gasteiger partial charge in [-0.2, -0.15) is 0 Å². The number of likely N-dealkylation sites (tertiary alicyclic amines) is 1. The molecule has 0 spiro atoms. The van der Waals surface area contributed by atoms with Crippen LogP contribution in [0.5, 0.6) is 0 Å². The van der Waals surface area contributed by atoms with Gasteiger partial charge < -0.3 is 14.2 Å². The number of allylic oxidation sites excluding steroid dienone is 1. The molecular weight excluding hydrogens is 374 g/mol. The maximum absolute atomic E-state index is 13.2. The Morgan fingerprint density at radius 1 is 1.24 bits per heavy atom. The number of hydrogen-bond donors (Lipinski definition) is 0. The largest absolute Gasteiger partial charge is 0.458 e. The highest BCUT2D eigenvalue weighted by Gasteiger charge is 2.54. The van der Waals surface area contributed by atoms with Crippen molar-refractivity contribution in [2.75, 3.05) is 0 Å². The standard InChI is InChI=1S/C22H27NO6/c1-12-9-17(28-20(12)25)27-11-16-15-10-13-7-5-6-8-14(13)18(15)23(19(16)24)21(26)29-22(2,3)4/h9,11,15,17-18H,5-8,10H2,1-4H3/b16-11+/t15-,17?,18-/m1/s1. The van der Waals surface area contributed by atoms with Crippen LogP contribution >= 0.6 is 0 Å². The van der Waals surface area contributed by atoms with E-state index >= 15 is 0 Å². The quantitative estimate of drug-likeness (QED) is 0.303. The van der Waals surface area contributed by atoms with Crippen LogP contribution in [-0.4, -0.2) is 40.8 Å². The fraction of sp³-hybridized carbons (Fsp3) is 0.591.